The first-order valence-electron chi connectivity index (χ1n) is 11.5. The van der Waals surface area contributed by atoms with Crippen LogP contribution < -0.4 is 26.0 Å². The highest BCUT2D eigenvalue weighted by Gasteiger charge is 2.18. The Bertz CT molecular complexity index is 1430. The first kappa shape index (κ1) is 26.8. The van der Waals surface area contributed by atoms with E-state index in [0.29, 0.717) is 41.9 Å². The predicted octanol–water partition coefficient (Wildman–Crippen LogP) is 0.647. The van der Waals surface area contributed by atoms with Crippen LogP contribution in [0.1, 0.15) is 5.69 Å². The lowest BCUT2D eigenvalue weighted by Crippen LogP contribution is -2.53. The summed E-state index contributed by atoms with van der Waals surface area (Å²) in [6.07, 6.45) is 4.14. The zero-order valence-electron chi connectivity index (χ0n) is 20.2. The van der Waals surface area contributed by atoms with E-state index in [1.54, 1.807) is 35.3 Å². The van der Waals surface area contributed by atoms with E-state index in [0.717, 1.165) is 25.9 Å². The van der Waals surface area contributed by atoms with Crippen molar-refractivity contribution in [2.45, 2.75) is 6.61 Å². The molecule has 0 aliphatic carbocycles. The van der Waals surface area contributed by atoms with E-state index >= 15 is 0 Å². The van der Waals surface area contributed by atoms with E-state index < -0.39 is 21.1 Å². The van der Waals surface area contributed by atoms with Gasteiger partial charge in [0.25, 0.3) is 11.1 Å². The van der Waals surface area contributed by atoms with Crippen LogP contribution in [0.3, 0.4) is 0 Å². The molecule has 198 valence electrons. The highest BCUT2D eigenvalue weighted by Crippen LogP contribution is 2.12. The number of rotatable bonds is 10. The summed E-state index contributed by atoms with van der Waals surface area (Å²) in [4.78, 5) is 36.9. The fraction of sp³-hybridized carbons (Fsp3) is 0.348. The Morgan fingerprint density at radius 2 is 1.89 bits per heavy atom. The lowest BCUT2D eigenvalue weighted by atomic mass is 10.3. The van der Waals surface area contributed by atoms with Crippen LogP contribution >= 0.6 is 11.6 Å². The van der Waals surface area contributed by atoms with Crippen LogP contribution in [-0.2, 0) is 16.6 Å². The standard InChI is InChI=1S/C23H28ClN7O5S/c1-37(34,35)28-30-12-10-29(11-13-30)9-7-25-21-5-4-20(23(33)27-21)31-8-6-19(14-22(31)32)36-16-18-3-2-17(24)15-26-18/h2-6,8,14-15,28H,7,9-13,16H2,1H3,(H2,25,27,33). The normalized spacial score (nSPS) is 15.0. The van der Waals surface area contributed by atoms with Gasteiger partial charge in [0.2, 0.25) is 10.0 Å². The molecule has 4 rings (SSSR count). The smallest absolute Gasteiger partial charge is 0.273 e. The van der Waals surface area contributed by atoms with Gasteiger partial charge < -0.3 is 15.0 Å². The molecule has 1 aliphatic heterocycles. The second kappa shape index (κ2) is 11.9. The Labute approximate surface area is 218 Å². The van der Waals surface area contributed by atoms with Crippen LogP contribution in [-0.4, -0.2) is 78.4 Å². The minimum absolute atomic E-state index is 0.175. The monoisotopic (exact) mass is 549 g/mol. The molecular formula is C23H28ClN7O5S. The molecule has 0 bridgehead atoms. The maximum Gasteiger partial charge on any atom is 0.273 e. The molecule has 0 amide bonds. The largest absolute Gasteiger partial charge is 0.487 e. The number of aromatic amines is 1. The number of nitrogens with one attached hydrogen (secondary N) is 3. The third-order valence-electron chi connectivity index (χ3n) is 5.63. The van der Waals surface area contributed by atoms with Gasteiger partial charge in [-0.05, 0) is 30.3 Å². The molecule has 0 radical (unpaired) electrons. The van der Waals surface area contributed by atoms with Crippen molar-refractivity contribution in [3.8, 4) is 11.4 Å². The maximum absolute atomic E-state index is 12.7. The van der Waals surface area contributed by atoms with Crippen molar-refractivity contribution in [2.24, 2.45) is 0 Å². The molecule has 12 nitrogen and oxygen atoms in total. The van der Waals surface area contributed by atoms with Gasteiger partial charge in [-0.1, -0.05) is 11.6 Å². The molecule has 14 heteroatoms. The topological polar surface area (TPSA) is 142 Å². The summed E-state index contributed by atoms with van der Waals surface area (Å²) in [6, 6.07) is 9.64. The molecule has 1 aliphatic rings. The molecular weight excluding hydrogens is 522 g/mol. The molecule has 1 fully saturated rings. The zero-order chi connectivity index (χ0) is 26.4. The Balaban J connectivity index is 1.29. The van der Waals surface area contributed by atoms with Crippen molar-refractivity contribution in [3.63, 3.8) is 0 Å². The lowest BCUT2D eigenvalue weighted by Gasteiger charge is -2.34. The van der Waals surface area contributed by atoms with E-state index in [9.17, 15) is 18.0 Å². The lowest BCUT2D eigenvalue weighted by molar-refractivity contribution is 0.119. The molecule has 0 aromatic carbocycles. The summed E-state index contributed by atoms with van der Waals surface area (Å²) >= 11 is 5.83. The number of H-pyrrole nitrogens is 1. The van der Waals surface area contributed by atoms with E-state index in [4.69, 9.17) is 16.3 Å². The van der Waals surface area contributed by atoms with Crippen molar-refractivity contribution in [3.05, 3.63) is 80.2 Å². The molecule has 0 unspecified atom stereocenters. The third kappa shape index (κ3) is 7.87. The summed E-state index contributed by atoms with van der Waals surface area (Å²) in [5, 5.41) is 5.39. The summed E-state index contributed by atoms with van der Waals surface area (Å²) in [6.45, 7) is 4.11. The fourth-order valence-corrected chi connectivity index (χ4v) is 4.57. The Kier molecular flexibility index (Phi) is 8.61. The van der Waals surface area contributed by atoms with Crippen LogP contribution in [0.4, 0.5) is 5.82 Å². The van der Waals surface area contributed by atoms with Crippen LogP contribution in [0.5, 0.6) is 5.75 Å². The fourth-order valence-electron chi connectivity index (χ4n) is 3.80. The van der Waals surface area contributed by atoms with Crippen LogP contribution in [0.25, 0.3) is 5.69 Å². The van der Waals surface area contributed by atoms with Gasteiger partial charge in [-0.3, -0.25) is 24.0 Å². The number of hydrogen-bond acceptors (Lipinski definition) is 9. The molecule has 0 atom stereocenters. The number of anilines is 1. The highest BCUT2D eigenvalue weighted by atomic mass is 35.5. The minimum atomic E-state index is -3.26. The Hall–Kier alpha value is -3.23. The summed E-state index contributed by atoms with van der Waals surface area (Å²) in [5.41, 5.74) is 0.0409. The molecule has 0 spiro atoms. The Morgan fingerprint density at radius 1 is 1.11 bits per heavy atom. The minimum Gasteiger partial charge on any atom is -0.487 e. The molecule has 0 saturated carbocycles. The quantitative estimate of drug-likeness (QED) is 0.332. The highest BCUT2D eigenvalue weighted by molar-refractivity contribution is 7.88. The van der Waals surface area contributed by atoms with Crippen molar-refractivity contribution in [1.29, 1.82) is 0 Å². The van der Waals surface area contributed by atoms with Gasteiger partial charge in [0.05, 0.1) is 17.0 Å². The molecule has 4 heterocycles. The predicted molar refractivity (Wildman–Crippen MR) is 141 cm³/mol. The average molecular weight is 550 g/mol. The van der Waals surface area contributed by atoms with Crippen LogP contribution in [0.15, 0.2) is 58.4 Å². The number of halogens is 1. The number of sulfonamides is 1. The van der Waals surface area contributed by atoms with Gasteiger partial charge in [-0.25, -0.2) is 13.4 Å². The van der Waals surface area contributed by atoms with E-state index in [-0.39, 0.29) is 12.3 Å². The maximum atomic E-state index is 12.7. The van der Waals surface area contributed by atoms with Gasteiger partial charge in [0, 0.05) is 57.7 Å². The number of pyridine rings is 3. The summed E-state index contributed by atoms with van der Waals surface area (Å²) < 4.78 is 29.5. The number of aromatic nitrogens is 3. The van der Waals surface area contributed by atoms with Crippen molar-refractivity contribution in [1.82, 2.24) is 29.3 Å². The van der Waals surface area contributed by atoms with Crippen LogP contribution in [0.2, 0.25) is 5.02 Å². The Morgan fingerprint density at radius 3 is 2.54 bits per heavy atom. The summed E-state index contributed by atoms with van der Waals surface area (Å²) in [7, 11) is -3.26. The van der Waals surface area contributed by atoms with E-state index in [2.05, 4.69) is 25.0 Å². The molecule has 3 aromatic rings. The molecule has 1 saturated heterocycles. The van der Waals surface area contributed by atoms with E-state index in [1.165, 1.54) is 23.0 Å². The molecule has 3 aromatic heterocycles. The first-order valence-corrected chi connectivity index (χ1v) is 13.8. The summed E-state index contributed by atoms with van der Waals surface area (Å²) in [5.74, 6) is 0.898. The first-order chi connectivity index (χ1) is 17.7. The van der Waals surface area contributed by atoms with Crippen LogP contribution in [0, 0.1) is 0 Å². The second-order valence-corrected chi connectivity index (χ2v) is 10.7. The zero-order valence-corrected chi connectivity index (χ0v) is 21.8. The molecule has 3 N–H and O–H groups in total. The average Bonchev–Trinajstić information content (AvgIpc) is 2.84. The number of hydrogen-bond donors (Lipinski definition) is 3. The van der Waals surface area contributed by atoms with Gasteiger partial charge in [0.15, 0.2) is 0 Å². The van der Waals surface area contributed by atoms with Crippen molar-refractivity contribution < 1.29 is 13.2 Å². The van der Waals surface area contributed by atoms with Crippen molar-refractivity contribution in [2.75, 3.05) is 50.8 Å². The molecule has 37 heavy (non-hydrogen) atoms. The number of hydrazine groups is 1. The van der Waals surface area contributed by atoms with Crippen molar-refractivity contribution >= 4 is 27.4 Å². The third-order valence-corrected chi connectivity index (χ3v) is 6.44. The second-order valence-electron chi connectivity index (χ2n) is 8.53. The van der Waals surface area contributed by atoms with Gasteiger partial charge in [-0.2, -0.15) is 0 Å². The van der Waals surface area contributed by atoms with Gasteiger partial charge in [0.1, 0.15) is 23.9 Å². The van der Waals surface area contributed by atoms with Gasteiger partial charge in [-0.15, -0.1) is 4.83 Å². The number of piperazine rings is 1. The van der Waals surface area contributed by atoms with E-state index in [1.807, 2.05) is 0 Å². The SMILES string of the molecule is CS(=O)(=O)NN1CCN(CCNc2ccc(-n3ccc(OCc4ccc(Cl)cn4)cc3=O)c(=O)[nH]2)CC1. The number of nitrogens with zero attached hydrogens (tertiary/aromatic N) is 4. The number of ether oxygens (including phenoxy) is 1. The van der Waals surface area contributed by atoms with Gasteiger partial charge >= 0.3 is 0 Å².